The van der Waals surface area contributed by atoms with Crippen molar-refractivity contribution >= 4 is 0 Å². The minimum absolute atomic E-state index is 0.572. The molecule has 100 valence electrons. The predicted octanol–water partition coefficient (Wildman–Crippen LogP) is 2.40. The SMILES string of the molecule is CC1CCCN1CCCOc1cccc(CN)c1. The van der Waals surface area contributed by atoms with Crippen LogP contribution in [0.4, 0.5) is 0 Å². The van der Waals surface area contributed by atoms with E-state index in [0.717, 1.165) is 36.9 Å². The first-order valence-electron chi connectivity index (χ1n) is 6.95. The molecule has 1 aliphatic heterocycles. The van der Waals surface area contributed by atoms with Crippen LogP contribution in [0.25, 0.3) is 0 Å². The summed E-state index contributed by atoms with van der Waals surface area (Å²) in [6, 6.07) is 8.81. The van der Waals surface area contributed by atoms with Crippen molar-refractivity contribution in [1.29, 1.82) is 0 Å². The molecular weight excluding hydrogens is 224 g/mol. The number of hydrogen-bond donors (Lipinski definition) is 1. The van der Waals surface area contributed by atoms with E-state index in [2.05, 4.69) is 11.8 Å². The Kier molecular flexibility index (Phi) is 5.02. The summed E-state index contributed by atoms with van der Waals surface area (Å²) >= 11 is 0. The molecule has 0 aliphatic carbocycles. The van der Waals surface area contributed by atoms with Crippen molar-refractivity contribution in [2.45, 2.75) is 38.8 Å². The zero-order chi connectivity index (χ0) is 12.8. The van der Waals surface area contributed by atoms with Crippen LogP contribution in [0.3, 0.4) is 0 Å². The van der Waals surface area contributed by atoms with Gasteiger partial charge in [-0.05, 0) is 50.4 Å². The van der Waals surface area contributed by atoms with Gasteiger partial charge in [0.05, 0.1) is 6.61 Å². The van der Waals surface area contributed by atoms with Crippen LogP contribution in [0.15, 0.2) is 24.3 Å². The molecule has 2 N–H and O–H groups in total. The number of likely N-dealkylation sites (tertiary alicyclic amines) is 1. The summed E-state index contributed by atoms with van der Waals surface area (Å²) in [6.45, 7) is 6.08. The van der Waals surface area contributed by atoms with Crippen LogP contribution in [-0.2, 0) is 6.54 Å². The van der Waals surface area contributed by atoms with Crippen LogP contribution in [0.2, 0.25) is 0 Å². The molecule has 2 rings (SSSR count). The molecule has 0 bridgehead atoms. The molecule has 0 amide bonds. The number of rotatable bonds is 6. The average Bonchev–Trinajstić information content (AvgIpc) is 2.81. The van der Waals surface area contributed by atoms with Crippen LogP contribution in [-0.4, -0.2) is 30.6 Å². The maximum Gasteiger partial charge on any atom is 0.119 e. The van der Waals surface area contributed by atoms with Crippen molar-refractivity contribution < 1.29 is 4.74 Å². The molecule has 18 heavy (non-hydrogen) atoms. The first-order valence-corrected chi connectivity index (χ1v) is 6.95. The summed E-state index contributed by atoms with van der Waals surface area (Å²) in [6.07, 6.45) is 3.79. The van der Waals surface area contributed by atoms with Gasteiger partial charge in [-0.15, -0.1) is 0 Å². The number of ether oxygens (including phenoxy) is 1. The normalized spacial score (nSPS) is 20.2. The highest BCUT2D eigenvalue weighted by Crippen LogP contribution is 2.17. The lowest BCUT2D eigenvalue weighted by atomic mass is 10.2. The Morgan fingerprint density at radius 1 is 1.44 bits per heavy atom. The third-order valence-electron chi connectivity index (χ3n) is 3.68. The fourth-order valence-electron chi connectivity index (χ4n) is 2.54. The van der Waals surface area contributed by atoms with Crippen molar-refractivity contribution in [2.75, 3.05) is 19.7 Å². The molecule has 3 nitrogen and oxygen atoms in total. The Labute approximate surface area is 110 Å². The van der Waals surface area contributed by atoms with E-state index in [1.807, 2.05) is 24.3 Å². The first-order chi connectivity index (χ1) is 8.79. The topological polar surface area (TPSA) is 38.5 Å². The lowest BCUT2D eigenvalue weighted by molar-refractivity contribution is 0.230. The Bertz CT molecular complexity index is 367. The van der Waals surface area contributed by atoms with Gasteiger partial charge in [0.2, 0.25) is 0 Å². The molecule has 0 spiro atoms. The second-order valence-corrected chi connectivity index (χ2v) is 5.08. The fraction of sp³-hybridized carbons (Fsp3) is 0.600. The number of hydrogen-bond acceptors (Lipinski definition) is 3. The van der Waals surface area contributed by atoms with E-state index in [1.165, 1.54) is 19.4 Å². The van der Waals surface area contributed by atoms with E-state index in [-0.39, 0.29) is 0 Å². The van der Waals surface area contributed by atoms with Gasteiger partial charge in [-0.2, -0.15) is 0 Å². The van der Waals surface area contributed by atoms with Crippen LogP contribution < -0.4 is 10.5 Å². The second kappa shape index (κ2) is 6.76. The zero-order valence-corrected chi connectivity index (χ0v) is 11.3. The molecule has 1 aromatic carbocycles. The summed E-state index contributed by atoms with van der Waals surface area (Å²) < 4.78 is 5.76. The Balaban J connectivity index is 1.68. The molecule has 1 saturated heterocycles. The molecule has 1 unspecified atom stereocenters. The maximum absolute atomic E-state index is 5.76. The van der Waals surface area contributed by atoms with E-state index < -0.39 is 0 Å². The highest BCUT2D eigenvalue weighted by atomic mass is 16.5. The molecule has 3 heteroatoms. The summed E-state index contributed by atoms with van der Waals surface area (Å²) in [4.78, 5) is 2.56. The van der Waals surface area contributed by atoms with Crippen molar-refractivity contribution in [2.24, 2.45) is 5.73 Å². The molecule has 1 heterocycles. The standard InChI is InChI=1S/C15H24N2O/c1-13-5-3-8-17(13)9-4-10-18-15-7-2-6-14(11-15)12-16/h2,6-7,11,13H,3-5,8-10,12,16H2,1H3. The van der Waals surface area contributed by atoms with Gasteiger partial charge >= 0.3 is 0 Å². The van der Waals surface area contributed by atoms with Gasteiger partial charge in [0.1, 0.15) is 5.75 Å². The van der Waals surface area contributed by atoms with E-state index in [4.69, 9.17) is 10.5 Å². The van der Waals surface area contributed by atoms with E-state index in [0.29, 0.717) is 6.54 Å². The van der Waals surface area contributed by atoms with Crippen molar-refractivity contribution in [3.05, 3.63) is 29.8 Å². The minimum Gasteiger partial charge on any atom is -0.494 e. The molecule has 0 saturated carbocycles. The highest BCUT2D eigenvalue weighted by molar-refractivity contribution is 5.28. The van der Waals surface area contributed by atoms with Gasteiger partial charge in [-0.3, -0.25) is 0 Å². The van der Waals surface area contributed by atoms with Crippen molar-refractivity contribution in [1.82, 2.24) is 4.90 Å². The number of nitrogens with zero attached hydrogens (tertiary/aromatic N) is 1. The third kappa shape index (κ3) is 3.72. The Morgan fingerprint density at radius 3 is 3.06 bits per heavy atom. The van der Waals surface area contributed by atoms with Gasteiger partial charge in [0.15, 0.2) is 0 Å². The van der Waals surface area contributed by atoms with Gasteiger partial charge in [-0.1, -0.05) is 12.1 Å². The highest BCUT2D eigenvalue weighted by Gasteiger charge is 2.18. The molecule has 1 aromatic rings. The first kappa shape index (κ1) is 13.4. The van der Waals surface area contributed by atoms with Crippen LogP contribution in [0.1, 0.15) is 31.7 Å². The lowest BCUT2D eigenvalue weighted by Gasteiger charge is -2.20. The smallest absolute Gasteiger partial charge is 0.119 e. The van der Waals surface area contributed by atoms with Gasteiger partial charge in [0, 0.05) is 19.1 Å². The number of nitrogens with two attached hydrogens (primary N) is 1. The maximum atomic E-state index is 5.76. The van der Waals surface area contributed by atoms with Crippen LogP contribution >= 0.6 is 0 Å². The van der Waals surface area contributed by atoms with Gasteiger partial charge in [0.25, 0.3) is 0 Å². The quantitative estimate of drug-likeness (QED) is 0.786. The van der Waals surface area contributed by atoms with E-state index in [1.54, 1.807) is 0 Å². The lowest BCUT2D eigenvalue weighted by Crippen LogP contribution is -2.28. The monoisotopic (exact) mass is 248 g/mol. The van der Waals surface area contributed by atoms with Crippen LogP contribution in [0, 0.1) is 0 Å². The second-order valence-electron chi connectivity index (χ2n) is 5.08. The molecule has 0 aromatic heterocycles. The summed E-state index contributed by atoms with van der Waals surface area (Å²) in [5.41, 5.74) is 6.73. The third-order valence-corrected chi connectivity index (χ3v) is 3.68. The van der Waals surface area contributed by atoms with Gasteiger partial charge in [-0.25, -0.2) is 0 Å². The molecule has 1 aliphatic rings. The van der Waals surface area contributed by atoms with Gasteiger partial charge < -0.3 is 15.4 Å². The predicted molar refractivity (Wildman–Crippen MR) is 74.7 cm³/mol. The molecular formula is C15H24N2O. The van der Waals surface area contributed by atoms with Crippen molar-refractivity contribution in [3.8, 4) is 5.75 Å². The van der Waals surface area contributed by atoms with E-state index in [9.17, 15) is 0 Å². The fourth-order valence-corrected chi connectivity index (χ4v) is 2.54. The summed E-state index contributed by atoms with van der Waals surface area (Å²) in [7, 11) is 0. The largest absolute Gasteiger partial charge is 0.494 e. The van der Waals surface area contributed by atoms with Crippen molar-refractivity contribution in [3.63, 3.8) is 0 Å². The average molecular weight is 248 g/mol. The molecule has 1 fully saturated rings. The summed E-state index contributed by atoms with van der Waals surface area (Å²) in [5, 5.41) is 0. The summed E-state index contributed by atoms with van der Waals surface area (Å²) in [5.74, 6) is 0.937. The molecule has 1 atom stereocenters. The van der Waals surface area contributed by atoms with Crippen LogP contribution in [0.5, 0.6) is 5.75 Å². The minimum atomic E-state index is 0.572. The Morgan fingerprint density at radius 2 is 2.33 bits per heavy atom. The molecule has 0 radical (unpaired) electrons. The Hall–Kier alpha value is -1.06. The number of benzene rings is 1. The zero-order valence-electron chi connectivity index (χ0n) is 11.3. The van der Waals surface area contributed by atoms with E-state index >= 15 is 0 Å².